The minimum absolute atomic E-state index is 0.268. The summed E-state index contributed by atoms with van der Waals surface area (Å²) in [4.78, 5) is 13.9. The Balaban J connectivity index is 1.51. The molecule has 1 unspecified atom stereocenters. The van der Waals surface area contributed by atoms with E-state index in [1.165, 1.54) is 5.56 Å². The van der Waals surface area contributed by atoms with Crippen LogP contribution in [-0.2, 0) is 11.2 Å². The number of hydrogen-bond acceptors (Lipinski definition) is 3. The van der Waals surface area contributed by atoms with E-state index in [0.717, 1.165) is 50.9 Å². The molecule has 2 N–H and O–H groups in total. The molecule has 1 atom stereocenters. The maximum Gasteiger partial charge on any atom is 0.223 e. The quantitative estimate of drug-likeness (QED) is 0.882. The number of amides is 1. The summed E-state index contributed by atoms with van der Waals surface area (Å²) in [6.45, 7) is 2.58. The summed E-state index contributed by atoms with van der Waals surface area (Å²) in [5.74, 6) is 0.670. The number of hydrogen-bond donors (Lipinski definition) is 2. The highest BCUT2D eigenvalue weighted by molar-refractivity contribution is 5.76. The number of nitrogens with zero attached hydrogens (tertiary/aromatic N) is 1. The van der Waals surface area contributed by atoms with Crippen molar-refractivity contribution < 1.29 is 9.90 Å². The van der Waals surface area contributed by atoms with Gasteiger partial charge in [-0.2, -0.15) is 0 Å². The van der Waals surface area contributed by atoms with Crippen LogP contribution in [0.15, 0.2) is 18.2 Å². The summed E-state index contributed by atoms with van der Waals surface area (Å²) in [5.41, 5.74) is 2.26. The van der Waals surface area contributed by atoms with Gasteiger partial charge >= 0.3 is 0 Å². The van der Waals surface area contributed by atoms with Crippen LogP contribution in [0.3, 0.4) is 0 Å². The van der Waals surface area contributed by atoms with Crippen molar-refractivity contribution in [3.8, 4) is 5.75 Å². The molecule has 0 saturated carbocycles. The van der Waals surface area contributed by atoms with Crippen LogP contribution in [0.1, 0.15) is 42.9 Å². The Kier molecular flexibility index (Phi) is 3.92. The number of carbonyl (C=O) groups excluding carboxylic acids is 1. The summed E-state index contributed by atoms with van der Waals surface area (Å²) in [6, 6.07) is 5.99. The van der Waals surface area contributed by atoms with E-state index in [2.05, 4.69) is 11.4 Å². The summed E-state index contributed by atoms with van der Waals surface area (Å²) in [7, 11) is 0. The smallest absolute Gasteiger partial charge is 0.223 e. The van der Waals surface area contributed by atoms with E-state index >= 15 is 0 Å². The Labute approximate surface area is 119 Å². The normalized spacial score (nSPS) is 21.2. The molecule has 0 spiro atoms. The Hall–Kier alpha value is -1.55. The first kappa shape index (κ1) is 13.4. The molecule has 20 heavy (non-hydrogen) atoms. The lowest BCUT2D eigenvalue weighted by molar-refractivity contribution is -0.130. The number of benzene rings is 1. The van der Waals surface area contributed by atoms with Gasteiger partial charge in [0.15, 0.2) is 0 Å². The molecule has 1 aromatic rings. The number of aromatic hydroxyl groups is 1. The topological polar surface area (TPSA) is 52.6 Å². The molecule has 1 saturated heterocycles. The highest BCUT2D eigenvalue weighted by atomic mass is 16.3. The molecule has 1 aliphatic heterocycles. The highest BCUT2D eigenvalue weighted by Gasteiger charge is 2.24. The van der Waals surface area contributed by atoms with Crippen molar-refractivity contribution in [2.75, 3.05) is 19.6 Å². The molecule has 0 bridgehead atoms. The van der Waals surface area contributed by atoms with Gasteiger partial charge in [0.1, 0.15) is 5.75 Å². The molecule has 1 heterocycles. The molecule has 1 aromatic carbocycles. The number of phenolic OH excluding ortho intramolecular Hbond substituents is 1. The van der Waals surface area contributed by atoms with Gasteiger partial charge in [0.2, 0.25) is 5.91 Å². The van der Waals surface area contributed by atoms with Crippen LogP contribution < -0.4 is 5.32 Å². The van der Waals surface area contributed by atoms with Crippen LogP contribution in [0.4, 0.5) is 0 Å². The SMILES string of the molecule is O=C(CCNC1CCc2c(O)cccc21)N1CCCC1. The number of fused-ring (bicyclic) bond motifs is 1. The molecule has 1 aliphatic carbocycles. The van der Waals surface area contributed by atoms with E-state index < -0.39 is 0 Å². The maximum atomic E-state index is 12.0. The molecule has 108 valence electrons. The van der Waals surface area contributed by atoms with Gasteiger partial charge in [-0.3, -0.25) is 4.79 Å². The highest BCUT2D eigenvalue weighted by Crippen LogP contribution is 2.36. The van der Waals surface area contributed by atoms with Crippen LogP contribution in [0.2, 0.25) is 0 Å². The molecule has 0 radical (unpaired) electrons. The maximum absolute atomic E-state index is 12.0. The van der Waals surface area contributed by atoms with Crippen molar-refractivity contribution in [1.29, 1.82) is 0 Å². The summed E-state index contributed by atoms with van der Waals surface area (Å²) in [5, 5.41) is 13.3. The van der Waals surface area contributed by atoms with Crippen LogP contribution in [0.5, 0.6) is 5.75 Å². The first-order valence-electron chi connectivity index (χ1n) is 7.57. The number of carbonyl (C=O) groups is 1. The number of nitrogens with one attached hydrogen (secondary N) is 1. The summed E-state index contributed by atoms with van der Waals surface area (Å²) >= 11 is 0. The fraction of sp³-hybridized carbons (Fsp3) is 0.562. The van der Waals surface area contributed by atoms with Crippen molar-refractivity contribution in [3.05, 3.63) is 29.3 Å². The van der Waals surface area contributed by atoms with Crippen LogP contribution in [0.25, 0.3) is 0 Å². The van der Waals surface area contributed by atoms with Gasteiger partial charge in [-0.05, 0) is 42.9 Å². The number of phenols is 1. The van der Waals surface area contributed by atoms with E-state index in [0.29, 0.717) is 12.2 Å². The molecule has 0 aromatic heterocycles. The van der Waals surface area contributed by atoms with Crippen molar-refractivity contribution in [2.45, 2.75) is 38.1 Å². The zero-order valence-corrected chi connectivity index (χ0v) is 11.8. The monoisotopic (exact) mass is 274 g/mol. The lowest BCUT2D eigenvalue weighted by atomic mass is 10.1. The van der Waals surface area contributed by atoms with Gasteiger partial charge in [-0.25, -0.2) is 0 Å². The van der Waals surface area contributed by atoms with Crippen molar-refractivity contribution in [3.63, 3.8) is 0 Å². The second-order valence-corrected chi connectivity index (χ2v) is 5.73. The van der Waals surface area contributed by atoms with E-state index in [1.54, 1.807) is 6.07 Å². The first-order valence-corrected chi connectivity index (χ1v) is 7.57. The van der Waals surface area contributed by atoms with Gasteiger partial charge < -0.3 is 15.3 Å². The van der Waals surface area contributed by atoms with Crippen LogP contribution in [0, 0.1) is 0 Å². The van der Waals surface area contributed by atoms with Crippen molar-refractivity contribution in [2.24, 2.45) is 0 Å². The average Bonchev–Trinajstić information content (AvgIpc) is 3.09. The third-order valence-electron chi connectivity index (χ3n) is 4.43. The molecule has 3 rings (SSSR count). The third kappa shape index (κ3) is 2.66. The second-order valence-electron chi connectivity index (χ2n) is 5.73. The Morgan fingerprint density at radius 1 is 1.35 bits per heavy atom. The number of rotatable bonds is 4. The van der Waals surface area contributed by atoms with Gasteiger partial charge in [0, 0.05) is 32.1 Å². The van der Waals surface area contributed by atoms with Gasteiger partial charge in [-0.15, -0.1) is 0 Å². The molecule has 1 fully saturated rings. The van der Waals surface area contributed by atoms with E-state index in [4.69, 9.17) is 0 Å². The van der Waals surface area contributed by atoms with E-state index in [9.17, 15) is 9.90 Å². The molecule has 1 amide bonds. The first-order chi connectivity index (χ1) is 9.75. The molecular weight excluding hydrogens is 252 g/mol. The van der Waals surface area contributed by atoms with Crippen molar-refractivity contribution >= 4 is 5.91 Å². The van der Waals surface area contributed by atoms with E-state index in [-0.39, 0.29) is 11.9 Å². The van der Waals surface area contributed by atoms with E-state index in [1.807, 2.05) is 11.0 Å². The standard InChI is InChI=1S/C16H22N2O2/c19-15-5-3-4-12-13(15)6-7-14(12)17-9-8-16(20)18-10-1-2-11-18/h3-5,14,17,19H,1-2,6-11H2. The van der Waals surface area contributed by atoms with Gasteiger partial charge in [-0.1, -0.05) is 12.1 Å². The van der Waals surface area contributed by atoms with Crippen molar-refractivity contribution in [1.82, 2.24) is 10.2 Å². The Morgan fingerprint density at radius 3 is 2.95 bits per heavy atom. The lowest BCUT2D eigenvalue weighted by Crippen LogP contribution is -2.31. The summed E-state index contributed by atoms with van der Waals surface area (Å²) < 4.78 is 0. The predicted molar refractivity (Wildman–Crippen MR) is 77.6 cm³/mol. The lowest BCUT2D eigenvalue weighted by Gasteiger charge is -2.17. The summed E-state index contributed by atoms with van der Waals surface area (Å²) in [6.07, 6.45) is 4.79. The van der Waals surface area contributed by atoms with Crippen LogP contribution >= 0.6 is 0 Å². The minimum Gasteiger partial charge on any atom is -0.508 e. The largest absolute Gasteiger partial charge is 0.508 e. The fourth-order valence-corrected chi connectivity index (χ4v) is 3.33. The van der Waals surface area contributed by atoms with Crippen LogP contribution in [-0.4, -0.2) is 35.5 Å². The Morgan fingerprint density at radius 2 is 2.15 bits per heavy atom. The number of likely N-dealkylation sites (tertiary alicyclic amines) is 1. The zero-order chi connectivity index (χ0) is 13.9. The predicted octanol–water partition coefficient (Wildman–Crippen LogP) is 1.98. The van der Waals surface area contributed by atoms with Gasteiger partial charge in [0.25, 0.3) is 0 Å². The Bertz CT molecular complexity index is 495. The van der Waals surface area contributed by atoms with Gasteiger partial charge in [0.05, 0.1) is 0 Å². The minimum atomic E-state index is 0.268. The molecule has 4 nitrogen and oxygen atoms in total. The second kappa shape index (κ2) is 5.83. The average molecular weight is 274 g/mol. The molecular formula is C16H22N2O2. The molecule has 4 heteroatoms. The molecule has 2 aliphatic rings. The fourth-order valence-electron chi connectivity index (χ4n) is 3.33. The zero-order valence-electron chi connectivity index (χ0n) is 11.8. The third-order valence-corrected chi connectivity index (χ3v) is 4.43.